The second-order valence-corrected chi connectivity index (χ2v) is 9.04. The van der Waals surface area contributed by atoms with Crippen molar-refractivity contribution in [1.82, 2.24) is 14.9 Å². The highest BCUT2D eigenvalue weighted by molar-refractivity contribution is 7.17. The van der Waals surface area contributed by atoms with Gasteiger partial charge >= 0.3 is 0 Å². The number of thiazole rings is 1. The molecule has 1 amide bonds. The van der Waals surface area contributed by atoms with Crippen LogP contribution in [0.15, 0.2) is 59.1 Å². The third-order valence-corrected chi connectivity index (χ3v) is 6.94. The lowest BCUT2D eigenvalue weighted by Crippen LogP contribution is -2.30. The summed E-state index contributed by atoms with van der Waals surface area (Å²) < 4.78 is 33.3. The molecule has 0 aliphatic carbocycles. The molecule has 1 fully saturated rings. The van der Waals surface area contributed by atoms with Gasteiger partial charge in [0.15, 0.2) is 0 Å². The zero-order chi connectivity index (χ0) is 22.9. The third-order valence-electron chi connectivity index (χ3n) is 5.76. The second-order valence-electron chi connectivity index (χ2n) is 8.04. The van der Waals surface area contributed by atoms with Crippen molar-refractivity contribution < 1.29 is 18.0 Å². The van der Waals surface area contributed by atoms with Crippen LogP contribution in [0.4, 0.5) is 8.78 Å². The van der Waals surface area contributed by atoms with Crippen LogP contribution in [0.5, 0.6) is 0 Å². The summed E-state index contributed by atoms with van der Waals surface area (Å²) in [5, 5.41) is 0.488. The third kappa shape index (κ3) is 4.30. The number of nitrogens with zero attached hydrogens (tertiary/aromatic N) is 3. The van der Waals surface area contributed by atoms with Gasteiger partial charge in [0.2, 0.25) is 5.89 Å². The fourth-order valence-corrected chi connectivity index (χ4v) is 5.15. The monoisotopic (exact) mass is 465 g/mol. The normalized spacial score (nSPS) is 15.8. The Labute approximate surface area is 193 Å². The van der Waals surface area contributed by atoms with E-state index in [9.17, 15) is 13.6 Å². The average Bonchev–Trinajstić information content (AvgIpc) is 3.55. The number of hydrogen-bond donors (Lipinski definition) is 0. The molecule has 1 saturated heterocycles. The Morgan fingerprint density at radius 1 is 1.18 bits per heavy atom. The van der Waals surface area contributed by atoms with Gasteiger partial charge in [-0.05, 0) is 49.6 Å². The lowest BCUT2D eigenvalue weighted by atomic mass is 10.1. The number of halogens is 2. The number of rotatable bonds is 5. The standard InChI is InChI=1S/C25H21F2N3O2S/c1-15-22(33-24(29-15)19-5-2-3-6-20(19)27)25(31)30-12-4-7-21(30)23-28-14-18(32-23)13-16-8-10-17(26)11-9-16/h2-3,5-6,8-11,14,21H,4,7,12-13H2,1H3/t21-/m1/s1. The molecule has 5 nitrogen and oxygen atoms in total. The molecule has 0 radical (unpaired) electrons. The Morgan fingerprint density at radius 3 is 2.76 bits per heavy atom. The number of aromatic nitrogens is 2. The molecule has 5 rings (SSSR count). The molecule has 3 heterocycles. The van der Waals surface area contributed by atoms with E-state index >= 15 is 0 Å². The van der Waals surface area contributed by atoms with Crippen LogP contribution in [0.3, 0.4) is 0 Å². The molecular formula is C25H21F2N3O2S. The second kappa shape index (κ2) is 8.86. The minimum Gasteiger partial charge on any atom is -0.443 e. The highest BCUT2D eigenvalue weighted by atomic mass is 32.1. The Bertz CT molecular complexity index is 1300. The van der Waals surface area contributed by atoms with Crippen molar-refractivity contribution in [3.8, 4) is 10.6 Å². The summed E-state index contributed by atoms with van der Waals surface area (Å²) in [5.74, 6) is 0.362. The van der Waals surface area contributed by atoms with E-state index in [0.717, 1.165) is 18.4 Å². The van der Waals surface area contributed by atoms with Gasteiger partial charge in [-0.3, -0.25) is 4.79 Å². The maximum Gasteiger partial charge on any atom is 0.266 e. The average molecular weight is 466 g/mol. The maximum atomic E-state index is 14.2. The van der Waals surface area contributed by atoms with Gasteiger partial charge in [0, 0.05) is 18.5 Å². The molecule has 33 heavy (non-hydrogen) atoms. The van der Waals surface area contributed by atoms with E-state index in [2.05, 4.69) is 9.97 Å². The van der Waals surface area contributed by atoms with Gasteiger partial charge in [0.05, 0.1) is 11.9 Å². The summed E-state index contributed by atoms with van der Waals surface area (Å²) >= 11 is 1.20. The highest BCUT2D eigenvalue weighted by Crippen LogP contribution is 2.36. The first-order chi connectivity index (χ1) is 16.0. The molecule has 8 heteroatoms. The maximum absolute atomic E-state index is 14.2. The van der Waals surface area contributed by atoms with E-state index in [1.807, 2.05) is 0 Å². The summed E-state index contributed by atoms with van der Waals surface area (Å²) in [4.78, 5) is 24.6. The predicted molar refractivity (Wildman–Crippen MR) is 121 cm³/mol. The first kappa shape index (κ1) is 21.5. The Kier molecular flexibility index (Phi) is 5.76. The molecule has 0 bridgehead atoms. The molecular weight excluding hydrogens is 444 g/mol. The minimum atomic E-state index is -0.363. The van der Waals surface area contributed by atoms with Crippen molar-refractivity contribution in [2.45, 2.75) is 32.2 Å². The van der Waals surface area contributed by atoms with Crippen LogP contribution in [0, 0.1) is 18.6 Å². The van der Waals surface area contributed by atoms with Crippen LogP contribution in [0.25, 0.3) is 10.6 Å². The zero-order valence-corrected chi connectivity index (χ0v) is 18.7. The zero-order valence-electron chi connectivity index (χ0n) is 17.9. The topological polar surface area (TPSA) is 59.2 Å². The Hall–Kier alpha value is -3.39. The molecule has 1 aliphatic heterocycles. The summed E-state index contributed by atoms with van der Waals surface area (Å²) in [6.07, 6.45) is 3.74. The molecule has 2 aromatic heterocycles. The molecule has 2 aromatic carbocycles. The summed E-state index contributed by atoms with van der Waals surface area (Å²) in [5.41, 5.74) is 1.89. The molecule has 168 valence electrons. The quantitative estimate of drug-likeness (QED) is 0.365. The molecule has 0 spiro atoms. The first-order valence-electron chi connectivity index (χ1n) is 10.7. The minimum absolute atomic E-state index is 0.145. The van der Waals surface area contributed by atoms with Crippen molar-refractivity contribution in [1.29, 1.82) is 0 Å². The van der Waals surface area contributed by atoms with Gasteiger partial charge in [-0.1, -0.05) is 24.3 Å². The van der Waals surface area contributed by atoms with Gasteiger partial charge in [-0.25, -0.2) is 18.7 Å². The van der Waals surface area contributed by atoms with E-state index < -0.39 is 0 Å². The SMILES string of the molecule is Cc1nc(-c2ccccc2F)sc1C(=O)N1CCC[C@@H]1c1ncc(Cc2ccc(F)cc2)o1. The summed E-state index contributed by atoms with van der Waals surface area (Å²) in [6, 6.07) is 12.4. The van der Waals surface area contributed by atoms with Crippen LogP contribution < -0.4 is 0 Å². The highest BCUT2D eigenvalue weighted by Gasteiger charge is 2.35. The number of aryl methyl sites for hydroxylation is 1. The van der Waals surface area contributed by atoms with E-state index in [0.29, 0.717) is 45.8 Å². The van der Waals surface area contributed by atoms with E-state index in [4.69, 9.17) is 4.42 Å². The number of carbonyl (C=O) groups is 1. The number of likely N-dealkylation sites (tertiary alicyclic amines) is 1. The summed E-state index contributed by atoms with van der Waals surface area (Å²) in [7, 11) is 0. The van der Waals surface area contributed by atoms with Gasteiger partial charge < -0.3 is 9.32 Å². The molecule has 4 aromatic rings. The largest absolute Gasteiger partial charge is 0.443 e. The fraction of sp³-hybridized carbons (Fsp3) is 0.240. The van der Waals surface area contributed by atoms with Crippen LogP contribution in [0.1, 0.15) is 51.5 Å². The van der Waals surface area contributed by atoms with Crippen molar-refractivity contribution in [2.24, 2.45) is 0 Å². The summed E-state index contributed by atoms with van der Waals surface area (Å²) in [6.45, 7) is 2.36. The van der Waals surface area contributed by atoms with Gasteiger partial charge in [0.25, 0.3) is 5.91 Å². The van der Waals surface area contributed by atoms with Crippen LogP contribution in [-0.2, 0) is 6.42 Å². The van der Waals surface area contributed by atoms with Crippen LogP contribution in [-0.4, -0.2) is 27.3 Å². The predicted octanol–water partition coefficient (Wildman–Crippen LogP) is 5.95. The van der Waals surface area contributed by atoms with Crippen LogP contribution >= 0.6 is 11.3 Å². The van der Waals surface area contributed by atoms with E-state index in [1.54, 1.807) is 48.4 Å². The Morgan fingerprint density at radius 2 is 1.97 bits per heavy atom. The van der Waals surface area contributed by atoms with Gasteiger partial charge in [-0.2, -0.15) is 0 Å². The lowest BCUT2D eigenvalue weighted by molar-refractivity contribution is 0.0718. The van der Waals surface area contributed by atoms with Crippen molar-refractivity contribution >= 4 is 17.2 Å². The van der Waals surface area contributed by atoms with Crippen molar-refractivity contribution in [3.05, 3.63) is 94.1 Å². The van der Waals surface area contributed by atoms with Crippen LogP contribution in [0.2, 0.25) is 0 Å². The van der Waals surface area contributed by atoms with E-state index in [-0.39, 0.29) is 23.6 Å². The number of carbonyl (C=O) groups excluding carboxylic acids is 1. The van der Waals surface area contributed by atoms with Crippen molar-refractivity contribution in [3.63, 3.8) is 0 Å². The van der Waals surface area contributed by atoms with Gasteiger partial charge in [0.1, 0.15) is 33.3 Å². The lowest BCUT2D eigenvalue weighted by Gasteiger charge is -2.21. The smallest absolute Gasteiger partial charge is 0.266 e. The number of oxazole rings is 1. The number of benzene rings is 2. The number of amides is 1. The molecule has 0 saturated carbocycles. The van der Waals surface area contributed by atoms with Crippen molar-refractivity contribution in [2.75, 3.05) is 6.54 Å². The Balaban J connectivity index is 1.36. The molecule has 1 atom stereocenters. The molecule has 1 aliphatic rings. The fourth-order valence-electron chi connectivity index (χ4n) is 4.10. The molecule has 0 N–H and O–H groups in total. The first-order valence-corrected chi connectivity index (χ1v) is 11.5. The van der Waals surface area contributed by atoms with Gasteiger partial charge in [-0.15, -0.1) is 11.3 Å². The number of hydrogen-bond acceptors (Lipinski definition) is 5. The van der Waals surface area contributed by atoms with E-state index in [1.165, 1.54) is 29.5 Å². The molecule has 0 unspecified atom stereocenters.